The third-order valence-electron chi connectivity index (χ3n) is 6.31. The summed E-state index contributed by atoms with van der Waals surface area (Å²) in [5.74, 6) is 0. The average Bonchev–Trinajstić information content (AvgIpc) is 3.50. The van der Waals surface area contributed by atoms with Crippen LogP contribution in [-0.2, 0) is 20.0 Å². The molecule has 2 aliphatic rings. The number of piperidine rings is 1. The monoisotopic (exact) mass is 475 g/mol. The molecule has 3 aromatic rings. The number of rotatable bonds is 5. The molecular weight excluding hydrogens is 450 g/mol. The van der Waals surface area contributed by atoms with Gasteiger partial charge in [0.05, 0.1) is 21.3 Å². The molecule has 9 nitrogen and oxygen atoms in total. The van der Waals surface area contributed by atoms with E-state index in [1.54, 1.807) is 0 Å². The van der Waals surface area contributed by atoms with Gasteiger partial charge in [0.2, 0.25) is 20.0 Å². The van der Waals surface area contributed by atoms with Gasteiger partial charge in [0, 0.05) is 26.2 Å². The van der Waals surface area contributed by atoms with Crippen LogP contribution < -0.4 is 0 Å². The van der Waals surface area contributed by atoms with Crippen LogP contribution in [0.2, 0.25) is 0 Å². The summed E-state index contributed by atoms with van der Waals surface area (Å²) in [5, 5.41) is 8.46. The molecule has 0 N–H and O–H groups in total. The standard InChI is InChI=1S/C21H25N5O4S2/c27-31(28,24-13-3-4-14-24)18-7-9-19(10-8-18)32(29,30)25-15-11-17(12-16-25)26-21-6-2-1-5-20(21)22-23-26/h1-2,5-10,17H,3-4,11-16H2. The summed E-state index contributed by atoms with van der Waals surface area (Å²) >= 11 is 0. The summed E-state index contributed by atoms with van der Waals surface area (Å²) in [6.07, 6.45) is 2.97. The number of fused-ring (bicyclic) bond motifs is 1. The average molecular weight is 476 g/mol. The normalized spacial score (nSPS) is 19.6. The highest BCUT2D eigenvalue weighted by Gasteiger charge is 2.32. The van der Waals surface area contributed by atoms with E-state index in [2.05, 4.69) is 10.3 Å². The van der Waals surface area contributed by atoms with Gasteiger partial charge in [-0.05, 0) is 62.1 Å². The molecule has 5 rings (SSSR count). The number of para-hydroxylation sites is 1. The molecule has 32 heavy (non-hydrogen) atoms. The van der Waals surface area contributed by atoms with Gasteiger partial charge >= 0.3 is 0 Å². The quantitative estimate of drug-likeness (QED) is 0.560. The molecule has 0 saturated carbocycles. The second-order valence-corrected chi connectivity index (χ2v) is 12.1. The number of aromatic nitrogens is 3. The first-order chi connectivity index (χ1) is 15.4. The SMILES string of the molecule is O=S(=O)(c1ccc(S(=O)(=O)N2CCC(n3nnc4ccccc43)CC2)cc1)N1CCCC1. The zero-order chi connectivity index (χ0) is 22.3. The van der Waals surface area contributed by atoms with Crippen LogP contribution >= 0.6 is 0 Å². The maximum atomic E-state index is 13.1. The van der Waals surface area contributed by atoms with Crippen molar-refractivity contribution in [2.75, 3.05) is 26.2 Å². The van der Waals surface area contributed by atoms with Crippen LogP contribution in [0, 0.1) is 0 Å². The predicted molar refractivity (Wildman–Crippen MR) is 119 cm³/mol. The van der Waals surface area contributed by atoms with Crippen molar-refractivity contribution in [3.63, 3.8) is 0 Å². The summed E-state index contributed by atoms with van der Waals surface area (Å²) in [6.45, 7) is 1.76. The van der Waals surface area contributed by atoms with Crippen LogP contribution in [0.3, 0.4) is 0 Å². The molecule has 2 aromatic carbocycles. The molecule has 2 aliphatic heterocycles. The maximum Gasteiger partial charge on any atom is 0.243 e. The van der Waals surface area contributed by atoms with Crippen molar-refractivity contribution in [1.29, 1.82) is 0 Å². The summed E-state index contributed by atoms with van der Waals surface area (Å²) in [6, 6.07) is 13.4. The fourth-order valence-electron chi connectivity index (χ4n) is 4.49. The summed E-state index contributed by atoms with van der Waals surface area (Å²) in [7, 11) is -7.27. The van der Waals surface area contributed by atoms with Gasteiger partial charge in [-0.2, -0.15) is 8.61 Å². The summed E-state index contributed by atoms with van der Waals surface area (Å²) in [4.78, 5) is 0.248. The minimum absolute atomic E-state index is 0.0850. The van der Waals surface area contributed by atoms with Crippen LogP contribution in [0.15, 0.2) is 58.3 Å². The smallest absolute Gasteiger partial charge is 0.242 e. The van der Waals surface area contributed by atoms with Crippen molar-refractivity contribution >= 4 is 31.1 Å². The first-order valence-electron chi connectivity index (χ1n) is 10.8. The van der Waals surface area contributed by atoms with Crippen molar-refractivity contribution in [3.8, 4) is 0 Å². The fourth-order valence-corrected chi connectivity index (χ4v) is 7.48. The molecule has 0 atom stereocenters. The van der Waals surface area contributed by atoms with Crippen LogP contribution in [-0.4, -0.2) is 66.6 Å². The van der Waals surface area contributed by atoms with E-state index < -0.39 is 20.0 Å². The molecule has 11 heteroatoms. The summed E-state index contributed by atoms with van der Waals surface area (Å²) < 4.78 is 56.5. The lowest BCUT2D eigenvalue weighted by atomic mass is 10.1. The lowest BCUT2D eigenvalue weighted by Crippen LogP contribution is -2.39. The number of sulfonamides is 2. The van der Waals surface area contributed by atoms with Crippen molar-refractivity contribution in [1.82, 2.24) is 23.6 Å². The molecule has 170 valence electrons. The molecule has 2 fully saturated rings. The molecular formula is C21H25N5O4S2. The van der Waals surface area contributed by atoms with Gasteiger partial charge in [0.25, 0.3) is 0 Å². The van der Waals surface area contributed by atoms with Crippen LogP contribution in [0.25, 0.3) is 11.0 Å². The molecule has 3 heterocycles. The van der Waals surface area contributed by atoms with Gasteiger partial charge in [-0.25, -0.2) is 21.5 Å². The zero-order valence-electron chi connectivity index (χ0n) is 17.5. The first kappa shape index (κ1) is 21.5. The molecule has 0 aliphatic carbocycles. The topological polar surface area (TPSA) is 105 Å². The van der Waals surface area contributed by atoms with Crippen molar-refractivity contribution in [3.05, 3.63) is 48.5 Å². The number of benzene rings is 2. The number of nitrogens with zero attached hydrogens (tertiary/aromatic N) is 5. The van der Waals surface area contributed by atoms with E-state index in [1.807, 2.05) is 28.9 Å². The Kier molecular flexibility index (Phi) is 5.52. The highest BCUT2D eigenvalue weighted by molar-refractivity contribution is 7.89. The van der Waals surface area contributed by atoms with Gasteiger partial charge in [0.1, 0.15) is 5.52 Å². The van der Waals surface area contributed by atoms with E-state index in [1.165, 1.54) is 32.9 Å². The van der Waals surface area contributed by atoms with E-state index in [9.17, 15) is 16.8 Å². The minimum atomic E-state index is -3.70. The van der Waals surface area contributed by atoms with Gasteiger partial charge < -0.3 is 0 Å². The molecule has 0 spiro atoms. The largest absolute Gasteiger partial charge is 0.243 e. The van der Waals surface area contributed by atoms with Crippen molar-refractivity contribution < 1.29 is 16.8 Å². The van der Waals surface area contributed by atoms with E-state index in [-0.39, 0.29) is 15.8 Å². The van der Waals surface area contributed by atoms with Crippen molar-refractivity contribution in [2.45, 2.75) is 41.5 Å². The van der Waals surface area contributed by atoms with E-state index in [4.69, 9.17) is 0 Å². The molecule has 0 amide bonds. The van der Waals surface area contributed by atoms with Gasteiger partial charge in [0.15, 0.2) is 0 Å². The Labute approximate surface area is 187 Å². The number of hydrogen-bond acceptors (Lipinski definition) is 6. The minimum Gasteiger partial charge on any atom is -0.242 e. The second kappa shape index (κ2) is 8.22. The van der Waals surface area contributed by atoms with Gasteiger partial charge in [-0.15, -0.1) is 5.10 Å². The molecule has 2 saturated heterocycles. The Morgan fingerprint density at radius 2 is 1.25 bits per heavy atom. The molecule has 0 unspecified atom stereocenters. The highest BCUT2D eigenvalue weighted by Crippen LogP contribution is 2.29. The lowest BCUT2D eigenvalue weighted by Gasteiger charge is -2.31. The van der Waals surface area contributed by atoms with Crippen molar-refractivity contribution in [2.24, 2.45) is 0 Å². The Balaban J connectivity index is 1.30. The third-order valence-corrected chi connectivity index (χ3v) is 10.1. The first-order valence-corrected chi connectivity index (χ1v) is 13.7. The molecule has 1 aromatic heterocycles. The molecule has 0 bridgehead atoms. The van der Waals surface area contributed by atoms with Crippen LogP contribution in [0.1, 0.15) is 31.7 Å². The fraction of sp³-hybridized carbons (Fsp3) is 0.429. The Morgan fingerprint density at radius 1 is 0.719 bits per heavy atom. The second-order valence-electron chi connectivity index (χ2n) is 8.24. The Hall–Kier alpha value is -2.34. The lowest BCUT2D eigenvalue weighted by molar-refractivity contribution is 0.263. The molecule has 0 radical (unpaired) electrons. The Morgan fingerprint density at radius 3 is 1.84 bits per heavy atom. The zero-order valence-corrected chi connectivity index (χ0v) is 19.2. The van der Waals surface area contributed by atoms with E-state index in [0.29, 0.717) is 39.0 Å². The summed E-state index contributed by atoms with van der Waals surface area (Å²) in [5.41, 5.74) is 1.77. The maximum absolute atomic E-state index is 13.1. The van der Waals surface area contributed by atoms with Gasteiger partial charge in [-0.3, -0.25) is 0 Å². The Bertz CT molecular complexity index is 1320. The van der Waals surface area contributed by atoms with E-state index in [0.717, 1.165) is 23.9 Å². The van der Waals surface area contributed by atoms with Crippen LogP contribution in [0.4, 0.5) is 0 Å². The van der Waals surface area contributed by atoms with Crippen LogP contribution in [0.5, 0.6) is 0 Å². The van der Waals surface area contributed by atoms with E-state index >= 15 is 0 Å². The highest BCUT2D eigenvalue weighted by atomic mass is 32.2. The van der Waals surface area contributed by atoms with Gasteiger partial charge in [-0.1, -0.05) is 17.3 Å². The predicted octanol–water partition coefficient (Wildman–Crippen LogP) is 2.24. The third kappa shape index (κ3) is 3.72. The number of hydrogen-bond donors (Lipinski definition) is 0.